The zero-order chi connectivity index (χ0) is 22.5. The average molecular weight is 433 g/mol. The second-order valence-electron chi connectivity index (χ2n) is 9.08. The lowest BCUT2D eigenvalue weighted by Crippen LogP contribution is -2.48. The molecule has 1 saturated heterocycles. The average Bonchev–Trinajstić information content (AvgIpc) is 2.82. The summed E-state index contributed by atoms with van der Waals surface area (Å²) in [6.45, 7) is 11.7. The molecule has 0 aliphatic carbocycles. The Labute approximate surface area is 191 Å². The first-order valence-corrected chi connectivity index (χ1v) is 12.2. The van der Waals surface area contributed by atoms with Crippen molar-refractivity contribution in [2.45, 2.75) is 46.5 Å². The van der Waals surface area contributed by atoms with Gasteiger partial charge >= 0.3 is 0 Å². The van der Waals surface area contributed by atoms with Gasteiger partial charge in [-0.3, -0.25) is 19.2 Å². The summed E-state index contributed by atoms with van der Waals surface area (Å²) < 4.78 is 2.23. The number of rotatable bonds is 8. The van der Waals surface area contributed by atoms with Gasteiger partial charge in [-0.2, -0.15) is 0 Å². The minimum absolute atomic E-state index is 0.0442. The number of hydrogen-bond acceptors (Lipinski definition) is 4. The molecule has 1 unspecified atom stereocenters. The molecule has 170 valence electrons. The first kappa shape index (κ1) is 22.5. The van der Waals surface area contributed by atoms with E-state index in [4.69, 9.17) is 0 Å². The number of aromatic nitrogens is 2. The van der Waals surface area contributed by atoms with Crippen LogP contribution < -0.4 is 10.3 Å². The van der Waals surface area contributed by atoms with E-state index in [2.05, 4.69) is 57.5 Å². The third-order valence-electron chi connectivity index (χ3n) is 6.78. The molecule has 2 aromatic heterocycles. The van der Waals surface area contributed by atoms with Gasteiger partial charge in [-0.25, -0.2) is 0 Å². The third kappa shape index (κ3) is 4.88. The van der Waals surface area contributed by atoms with E-state index in [0.717, 1.165) is 54.8 Å². The van der Waals surface area contributed by atoms with Crippen LogP contribution in [0, 0.1) is 12.8 Å². The minimum Gasteiger partial charge on any atom is -0.355 e. The van der Waals surface area contributed by atoms with Gasteiger partial charge in [0.1, 0.15) is 5.82 Å². The van der Waals surface area contributed by atoms with E-state index in [-0.39, 0.29) is 5.43 Å². The van der Waals surface area contributed by atoms with E-state index in [1.165, 1.54) is 32.2 Å². The van der Waals surface area contributed by atoms with Crippen molar-refractivity contribution in [3.05, 3.63) is 64.6 Å². The second kappa shape index (κ2) is 10.3. The molecule has 0 spiro atoms. The fourth-order valence-electron chi connectivity index (χ4n) is 4.83. The van der Waals surface area contributed by atoms with Gasteiger partial charge in [-0.1, -0.05) is 51.3 Å². The Hall–Kier alpha value is -2.66. The van der Waals surface area contributed by atoms with Crippen molar-refractivity contribution < 1.29 is 0 Å². The Balaban J connectivity index is 1.63. The standard InChI is InChI=1S/C27H36N4O/c1-4-6-10-22(5-2)20-29-13-15-30(16-14-29)27-18-26(32)24-19-28-21(3)17-25(24)31(27)23-11-8-7-9-12-23/h7-9,11-12,17-19,22H,4-6,10,13-16,20H2,1-3H3. The van der Waals surface area contributed by atoms with E-state index in [9.17, 15) is 4.79 Å². The Bertz CT molecular complexity index is 1080. The molecule has 1 aliphatic heterocycles. The van der Waals surface area contributed by atoms with Gasteiger partial charge in [0.25, 0.3) is 0 Å². The van der Waals surface area contributed by atoms with Gasteiger partial charge in [0.15, 0.2) is 5.43 Å². The molecule has 0 N–H and O–H groups in total. The molecule has 0 bridgehead atoms. The lowest BCUT2D eigenvalue weighted by molar-refractivity contribution is 0.207. The van der Waals surface area contributed by atoms with Gasteiger partial charge in [0.2, 0.25) is 0 Å². The predicted octanol–water partition coefficient (Wildman–Crippen LogP) is 5.03. The predicted molar refractivity (Wildman–Crippen MR) is 134 cm³/mol. The first-order chi connectivity index (χ1) is 15.6. The van der Waals surface area contributed by atoms with Crippen molar-refractivity contribution in [3.8, 4) is 5.69 Å². The molecule has 1 fully saturated rings. The molecule has 0 amide bonds. The summed E-state index contributed by atoms with van der Waals surface area (Å²) in [6, 6.07) is 14.2. The van der Waals surface area contributed by atoms with Crippen LogP contribution >= 0.6 is 0 Å². The SMILES string of the molecule is CCCCC(CC)CN1CCN(c2cc(=O)c3cnc(C)cc3n2-c2ccccc2)CC1. The highest BCUT2D eigenvalue weighted by atomic mass is 16.1. The monoisotopic (exact) mass is 432 g/mol. The van der Waals surface area contributed by atoms with Crippen molar-refractivity contribution >= 4 is 16.7 Å². The number of pyridine rings is 2. The fourth-order valence-corrected chi connectivity index (χ4v) is 4.83. The molecule has 4 rings (SSSR count). The maximum absolute atomic E-state index is 13.0. The minimum atomic E-state index is 0.0442. The number of anilines is 1. The Morgan fingerprint density at radius 3 is 2.47 bits per heavy atom. The number of benzene rings is 1. The van der Waals surface area contributed by atoms with E-state index >= 15 is 0 Å². The Morgan fingerprint density at radius 2 is 1.78 bits per heavy atom. The maximum Gasteiger partial charge on any atom is 0.193 e. The van der Waals surface area contributed by atoms with Gasteiger partial charge in [-0.05, 0) is 37.5 Å². The number of aryl methyl sites for hydroxylation is 1. The summed E-state index contributed by atoms with van der Waals surface area (Å²) in [4.78, 5) is 22.4. The second-order valence-corrected chi connectivity index (χ2v) is 9.08. The van der Waals surface area contributed by atoms with Crippen LogP contribution in [0.3, 0.4) is 0 Å². The Morgan fingerprint density at radius 1 is 1.03 bits per heavy atom. The molecule has 3 aromatic rings. The number of piperazine rings is 1. The highest BCUT2D eigenvalue weighted by molar-refractivity contribution is 5.83. The van der Waals surface area contributed by atoms with E-state index in [0.29, 0.717) is 5.39 Å². The largest absolute Gasteiger partial charge is 0.355 e. The lowest BCUT2D eigenvalue weighted by atomic mass is 9.98. The molecule has 1 atom stereocenters. The van der Waals surface area contributed by atoms with Crippen LogP contribution in [0.4, 0.5) is 5.82 Å². The van der Waals surface area contributed by atoms with E-state index in [1.54, 1.807) is 12.3 Å². The summed E-state index contributed by atoms with van der Waals surface area (Å²) in [7, 11) is 0. The first-order valence-electron chi connectivity index (χ1n) is 12.2. The molecule has 3 heterocycles. The van der Waals surface area contributed by atoms with Gasteiger partial charge in [0, 0.05) is 56.4 Å². The number of para-hydroxylation sites is 1. The third-order valence-corrected chi connectivity index (χ3v) is 6.78. The van der Waals surface area contributed by atoms with Crippen molar-refractivity contribution in [1.29, 1.82) is 0 Å². The highest BCUT2D eigenvalue weighted by Crippen LogP contribution is 2.26. The van der Waals surface area contributed by atoms with Gasteiger partial charge < -0.3 is 4.90 Å². The highest BCUT2D eigenvalue weighted by Gasteiger charge is 2.23. The van der Waals surface area contributed by atoms with Gasteiger partial charge in [-0.15, -0.1) is 0 Å². The van der Waals surface area contributed by atoms with Crippen LogP contribution in [-0.4, -0.2) is 47.2 Å². The van der Waals surface area contributed by atoms with E-state index in [1.807, 2.05) is 19.1 Å². The molecule has 5 heteroatoms. The summed E-state index contributed by atoms with van der Waals surface area (Å²) >= 11 is 0. The molecular weight excluding hydrogens is 396 g/mol. The van der Waals surface area contributed by atoms with Crippen LogP contribution in [-0.2, 0) is 0 Å². The van der Waals surface area contributed by atoms with Crippen LogP contribution in [0.5, 0.6) is 0 Å². The molecule has 0 radical (unpaired) electrons. The number of hydrogen-bond donors (Lipinski definition) is 0. The van der Waals surface area contributed by atoms with Crippen molar-refractivity contribution in [2.75, 3.05) is 37.6 Å². The molecule has 32 heavy (non-hydrogen) atoms. The van der Waals surface area contributed by atoms with Crippen molar-refractivity contribution in [1.82, 2.24) is 14.5 Å². The smallest absolute Gasteiger partial charge is 0.193 e. The Kier molecular flexibility index (Phi) is 7.26. The van der Waals surface area contributed by atoms with Crippen LogP contribution in [0.1, 0.15) is 45.2 Å². The number of nitrogens with zero attached hydrogens (tertiary/aromatic N) is 4. The summed E-state index contributed by atoms with van der Waals surface area (Å²) in [5.74, 6) is 1.78. The lowest BCUT2D eigenvalue weighted by Gasteiger charge is -2.38. The van der Waals surface area contributed by atoms with Gasteiger partial charge in [0.05, 0.1) is 10.9 Å². The number of fused-ring (bicyclic) bond motifs is 1. The topological polar surface area (TPSA) is 41.4 Å². The molecule has 1 aromatic carbocycles. The zero-order valence-corrected chi connectivity index (χ0v) is 19.8. The van der Waals surface area contributed by atoms with Crippen molar-refractivity contribution in [2.24, 2.45) is 5.92 Å². The maximum atomic E-state index is 13.0. The summed E-state index contributed by atoms with van der Waals surface area (Å²) in [6.07, 6.45) is 6.91. The van der Waals surface area contributed by atoms with Crippen LogP contribution in [0.15, 0.2) is 53.5 Å². The summed E-state index contributed by atoms with van der Waals surface area (Å²) in [5.41, 5.74) is 2.97. The molecule has 0 saturated carbocycles. The molecular formula is C27H36N4O. The quantitative estimate of drug-likeness (QED) is 0.500. The van der Waals surface area contributed by atoms with Crippen molar-refractivity contribution in [3.63, 3.8) is 0 Å². The van der Waals surface area contributed by atoms with Crippen LogP contribution in [0.2, 0.25) is 0 Å². The molecule has 5 nitrogen and oxygen atoms in total. The zero-order valence-electron chi connectivity index (χ0n) is 19.8. The van der Waals surface area contributed by atoms with E-state index < -0.39 is 0 Å². The number of unbranched alkanes of at least 4 members (excludes halogenated alkanes) is 1. The summed E-state index contributed by atoms with van der Waals surface area (Å²) in [5, 5.41) is 0.670. The normalized spacial score (nSPS) is 15.9. The fraction of sp³-hybridized carbons (Fsp3) is 0.481. The molecule has 1 aliphatic rings. The van der Waals surface area contributed by atoms with Crippen LogP contribution in [0.25, 0.3) is 16.6 Å².